The van der Waals surface area contributed by atoms with E-state index in [1.807, 2.05) is 0 Å². The number of halogens is 2. The highest BCUT2D eigenvalue weighted by molar-refractivity contribution is 6.30. The highest BCUT2D eigenvalue weighted by Crippen LogP contribution is 2.20. The molecule has 31 heavy (non-hydrogen) atoms. The molecule has 1 saturated carbocycles. The first-order chi connectivity index (χ1) is 14.9. The standard InChI is InChI=1S/C23H26Cl2N2O4/c1-15(31-21-12-4-17(25)5-13-21)23(29)27-19-8-6-18(7-9-19)26-22(28)14-30-20-10-2-16(24)3-11-20/h2-5,10-13,15,18-19H,6-9,14H2,1H3,(H,26,28)(H,27,29). The Bertz CT molecular complexity index is 866. The Labute approximate surface area is 192 Å². The van der Waals surface area contributed by atoms with Gasteiger partial charge < -0.3 is 20.1 Å². The molecule has 3 rings (SSSR count). The molecule has 1 aliphatic carbocycles. The number of hydrogen-bond donors (Lipinski definition) is 2. The fraction of sp³-hybridized carbons (Fsp3) is 0.391. The van der Waals surface area contributed by atoms with Crippen LogP contribution in [0.2, 0.25) is 10.0 Å². The van der Waals surface area contributed by atoms with Crippen LogP contribution in [0.5, 0.6) is 11.5 Å². The SMILES string of the molecule is CC(Oc1ccc(Cl)cc1)C(=O)NC1CCC(NC(=O)COc2ccc(Cl)cc2)CC1. The molecule has 1 atom stereocenters. The average molecular weight is 465 g/mol. The molecule has 2 amide bonds. The van der Waals surface area contributed by atoms with Crippen LogP contribution in [0.1, 0.15) is 32.6 Å². The van der Waals surface area contributed by atoms with E-state index in [9.17, 15) is 9.59 Å². The molecule has 0 spiro atoms. The van der Waals surface area contributed by atoms with Crippen molar-refractivity contribution in [3.8, 4) is 11.5 Å². The molecule has 1 unspecified atom stereocenters. The number of amides is 2. The van der Waals surface area contributed by atoms with Crippen molar-refractivity contribution in [1.82, 2.24) is 10.6 Å². The lowest BCUT2D eigenvalue weighted by Gasteiger charge is -2.30. The third kappa shape index (κ3) is 7.64. The largest absolute Gasteiger partial charge is 0.484 e. The van der Waals surface area contributed by atoms with Crippen LogP contribution in [0.3, 0.4) is 0 Å². The van der Waals surface area contributed by atoms with Crippen molar-refractivity contribution in [2.75, 3.05) is 6.61 Å². The van der Waals surface area contributed by atoms with E-state index >= 15 is 0 Å². The van der Waals surface area contributed by atoms with Gasteiger partial charge in [0.25, 0.3) is 11.8 Å². The van der Waals surface area contributed by atoms with E-state index < -0.39 is 6.10 Å². The molecule has 8 heteroatoms. The van der Waals surface area contributed by atoms with Gasteiger partial charge in [0.05, 0.1) is 0 Å². The summed E-state index contributed by atoms with van der Waals surface area (Å²) in [5.41, 5.74) is 0. The molecule has 2 aromatic rings. The zero-order chi connectivity index (χ0) is 22.2. The van der Waals surface area contributed by atoms with Gasteiger partial charge in [0.15, 0.2) is 12.7 Å². The molecular formula is C23H26Cl2N2O4. The van der Waals surface area contributed by atoms with Crippen LogP contribution >= 0.6 is 23.2 Å². The van der Waals surface area contributed by atoms with Gasteiger partial charge in [-0.25, -0.2) is 0 Å². The molecule has 0 saturated heterocycles. The summed E-state index contributed by atoms with van der Waals surface area (Å²) in [5, 5.41) is 7.27. The van der Waals surface area contributed by atoms with Gasteiger partial charge in [-0.1, -0.05) is 23.2 Å². The van der Waals surface area contributed by atoms with Gasteiger partial charge >= 0.3 is 0 Å². The number of carbonyl (C=O) groups excluding carboxylic acids is 2. The highest BCUT2D eigenvalue weighted by atomic mass is 35.5. The Morgan fingerprint density at radius 2 is 1.35 bits per heavy atom. The van der Waals surface area contributed by atoms with Gasteiger partial charge in [-0.3, -0.25) is 9.59 Å². The minimum Gasteiger partial charge on any atom is -0.484 e. The van der Waals surface area contributed by atoms with Crippen molar-refractivity contribution in [3.63, 3.8) is 0 Å². The fourth-order valence-corrected chi connectivity index (χ4v) is 3.67. The molecule has 166 valence electrons. The molecular weight excluding hydrogens is 439 g/mol. The van der Waals surface area contributed by atoms with Crippen LogP contribution in [0.25, 0.3) is 0 Å². The summed E-state index contributed by atoms with van der Waals surface area (Å²) in [5.74, 6) is 0.881. The number of ether oxygens (including phenoxy) is 2. The lowest BCUT2D eigenvalue weighted by Crippen LogP contribution is -2.47. The van der Waals surface area contributed by atoms with E-state index in [1.54, 1.807) is 55.5 Å². The summed E-state index contributed by atoms with van der Waals surface area (Å²) < 4.78 is 11.1. The van der Waals surface area contributed by atoms with E-state index in [4.69, 9.17) is 32.7 Å². The zero-order valence-corrected chi connectivity index (χ0v) is 18.8. The fourth-order valence-electron chi connectivity index (χ4n) is 3.42. The van der Waals surface area contributed by atoms with Gasteiger partial charge in [0.1, 0.15) is 11.5 Å². The summed E-state index contributed by atoms with van der Waals surface area (Å²) in [4.78, 5) is 24.6. The molecule has 0 bridgehead atoms. The number of nitrogens with one attached hydrogen (secondary N) is 2. The monoisotopic (exact) mass is 464 g/mol. The van der Waals surface area contributed by atoms with Crippen molar-refractivity contribution in [3.05, 3.63) is 58.6 Å². The summed E-state index contributed by atoms with van der Waals surface area (Å²) >= 11 is 11.7. The minimum absolute atomic E-state index is 0.0438. The molecule has 0 heterocycles. The molecule has 6 nitrogen and oxygen atoms in total. The minimum atomic E-state index is -0.608. The van der Waals surface area contributed by atoms with Crippen LogP contribution in [-0.4, -0.2) is 36.6 Å². The van der Waals surface area contributed by atoms with E-state index in [1.165, 1.54) is 0 Å². The summed E-state index contributed by atoms with van der Waals surface area (Å²) in [7, 11) is 0. The first kappa shape index (κ1) is 23.2. The number of carbonyl (C=O) groups is 2. The quantitative estimate of drug-likeness (QED) is 0.607. The topological polar surface area (TPSA) is 76.7 Å². The highest BCUT2D eigenvalue weighted by Gasteiger charge is 2.25. The second kappa shape index (κ2) is 11.3. The summed E-state index contributed by atoms with van der Waals surface area (Å²) in [6, 6.07) is 13.9. The maximum atomic E-state index is 12.4. The second-order valence-corrected chi connectivity index (χ2v) is 8.45. The zero-order valence-electron chi connectivity index (χ0n) is 17.3. The van der Waals surface area contributed by atoms with E-state index in [-0.39, 0.29) is 30.5 Å². The predicted molar refractivity (Wildman–Crippen MR) is 121 cm³/mol. The van der Waals surface area contributed by atoms with E-state index in [0.29, 0.717) is 21.5 Å². The van der Waals surface area contributed by atoms with Crippen molar-refractivity contribution in [1.29, 1.82) is 0 Å². The molecule has 2 N–H and O–H groups in total. The van der Waals surface area contributed by atoms with Crippen molar-refractivity contribution in [2.24, 2.45) is 0 Å². The number of hydrogen-bond acceptors (Lipinski definition) is 4. The summed E-state index contributed by atoms with van der Waals surface area (Å²) in [6.07, 6.45) is 2.57. The summed E-state index contributed by atoms with van der Waals surface area (Å²) in [6.45, 7) is 1.67. The maximum absolute atomic E-state index is 12.4. The molecule has 0 aromatic heterocycles. The van der Waals surface area contributed by atoms with E-state index in [2.05, 4.69) is 10.6 Å². The lowest BCUT2D eigenvalue weighted by molar-refractivity contribution is -0.128. The number of benzene rings is 2. The molecule has 0 aliphatic heterocycles. The van der Waals surface area contributed by atoms with Crippen molar-refractivity contribution >= 4 is 35.0 Å². The Hall–Kier alpha value is -2.44. The van der Waals surface area contributed by atoms with Crippen molar-refractivity contribution in [2.45, 2.75) is 50.8 Å². The molecule has 2 aromatic carbocycles. The Balaban J connectivity index is 1.34. The Kier molecular flexibility index (Phi) is 8.43. The van der Waals surface area contributed by atoms with Gasteiger partial charge in [-0.05, 0) is 81.1 Å². The van der Waals surface area contributed by atoms with Crippen LogP contribution in [0.4, 0.5) is 0 Å². The van der Waals surface area contributed by atoms with Gasteiger partial charge in [0, 0.05) is 22.1 Å². The predicted octanol–water partition coefficient (Wildman–Crippen LogP) is 4.38. The van der Waals surface area contributed by atoms with Crippen LogP contribution in [0.15, 0.2) is 48.5 Å². The Morgan fingerprint density at radius 1 is 0.871 bits per heavy atom. The van der Waals surface area contributed by atoms with E-state index in [0.717, 1.165) is 25.7 Å². The van der Waals surface area contributed by atoms with Crippen LogP contribution in [-0.2, 0) is 9.59 Å². The van der Waals surface area contributed by atoms with Gasteiger partial charge in [0.2, 0.25) is 0 Å². The average Bonchev–Trinajstić information content (AvgIpc) is 2.76. The number of rotatable bonds is 8. The Morgan fingerprint density at radius 3 is 1.90 bits per heavy atom. The third-order valence-corrected chi connectivity index (χ3v) is 5.62. The van der Waals surface area contributed by atoms with Gasteiger partial charge in [-0.2, -0.15) is 0 Å². The molecule has 1 aliphatic rings. The van der Waals surface area contributed by atoms with Crippen molar-refractivity contribution < 1.29 is 19.1 Å². The third-order valence-electron chi connectivity index (χ3n) is 5.12. The maximum Gasteiger partial charge on any atom is 0.260 e. The van der Waals surface area contributed by atoms with Crippen LogP contribution < -0.4 is 20.1 Å². The first-order valence-corrected chi connectivity index (χ1v) is 11.0. The first-order valence-electron chi connectivity index (χ1n) is 10.3. The molecule has 0 radical (unpaired) electrons. The smallest absolute Gasteiger partial charge is 0.260 e. The molecule has 1 fully saturated rings. The normalized spacial score (nSPS) is 19.2. The van der Waals surface area contributed by atoms with Gasteiger partial charge in [-0.15, -0.1) is 0 Å². The second-order valence-electron chi connectivity index (χ2n) is 7.58. The van der Waals surface area contributed by atoms with Crippen LogP contribution in [0, 0.1) is 0 Å². The lowest BCUT2D eigenvalue weighted by atomic mass is 9.91.